The highest BCUT2D eigenvalue weighted by molar-refractivity contribution is 5.94. The summed E-state index contributed by atoms with van der Waals surface area (Å²) in [5.41, 5.74) is 1.05. The molecule has 1 N–H and O–H groups in total. The third-order valence-corrected chi connectivity index (χ3v) is 6.21. The number of rotatable bonds is 8. The van der Waals surface area contributed by atoms with Gasteiger partial charge in [0.05, 0.1) is 18.7 Å². The number of hydrogen-bond acceptors (Lipinski definition) is 5. The lowest BCUT2D eigenvalue weighted by atomic mass is 10.0. The van der Waals surface area contributed by atoms with Gasteiger partial charge in [0.25, 0.3) is 0 Å². The van der Waals surface area contributed by atoms with Crippen molar-refractivity contribution in [3.63, 3.8) is 0 Å². The molecule has 0 saturated carbocycles. The lowest BCUT2D eigenvalue weighted by Gasteiger charge is -2.28. The van der Waals surface area contributed by atoms with Crippen molar-refractivity contribution in [2.24, 2.45) is 0 Å². The van der Waals surface area contributed by atoms with Gasteiger partial charge in [-0.1, -0.05) is 31.2 Å². The second kappa shape index (κ2) is 12.6. The first-order valence-corrected chi connectivity index (χ1v) is 12.3. The molecule has 8 heteroatoms. The number of ether oxygens (including phenoxy) is 1. The van der Waals surface area contributed by atoms with Crippen LogP contribution in [0, 0.1) is 0 Å². The predicted octanol–water partition coefficient (Wildman–Crippen LogP) is 7.21. The number of pyridine rings is 2. The van der Waals surface area contributed by atoms with Gasteiger partial charge in [0.2, 0.25) is 5.88 Å². The van der Waals surface area contributed by atoms with Gasteiger partial charge in [0.1, 0.15) is 5.82 Å². The summed E-state index contributed by atoms with van der Waals surface area (Å²) in [7, 11) is 3.62. The summed E-state index contributed by atoms with van der Waals surface area (Å²) in [6.45, 7) is 4.41. The van der Waals surface area contributed by atoms with E-state index < -0.39 is 11.7 Å². The molecule has 1 atom stereocenters. The molecule has 0 radical (unpaired) electrons. The number of allylic oxidation sites excluding steroid dienone is 7. The Morgan fingerprint density at radius 1 is 1.19 bits per heavy atom. The van der Waals surface area contributed by atoms with Crippen LogP contribution in [0.1, 0.15) is 46.0 Å². The Morgan fingerprint density at radius 3 is 2.64 bits per heavy atom. The molecule has 1 saturated heterocycles. The zero-order chi connectivity index (χ0) is 26.1. The van der Waals surface area contributed by atoms with Gasteiger partial charge < -0.3 is 15.0 Å². The molecule has 0 aromatic carbocycles. The third-order valence-electron chi connectivity index (χ3n) is 6.21. The van der Waals surface area contributed by atoms with Crippen molar-refractivity contribution in [1.29, 1.82) is 0 Å². The van der Waals surface area contributed by atoms with E-state index in [2.05, 4.69) is 20.2 Å². The average Bonchev–Trinajstić information content (AvgIpc) is 3.02. The molecule has 2 aromatic rings. The van der Waals surface area contributed by atoms with Crippen LogP contribution in [0.4, 0.5) is 19.0 Å². The van der Waals surface area contributed by atoms with Gasteiger partial charge in [-0.3, -0.25) is 0 Å². The van der Waals surface area contributed by atoms with Gasteiger partial charge in [-0.05, 0) is 62.8 Å². The van der Waals surface area contributed by atoms with Crippen molar-refractivity contribution in [2.75, 3.05) is 26.0 Å². The molecule has 1 aliphatic heterocycles. The molecule has 1 unspecified atom stereocenters. The molecule has 194 valence electrons. The molecule has 0 bridgehead atoms. The summed E-state index contributed by atoms with van der Waals surface area (Å²) in [5, 5.41) is 5.38. The topological polar surface area (TPSA) is 50.3 Å². The minimum Gasteiger partial charge on any atom is -0.481 e. The minimum atomic E-state index is -4.38. The second-order valence-electron chi connectivity index (χ2n) is 8.81. The van der Waals surface area contributed by atoms with Crippen LogP contribution >= 0.6 is 0 Å². The van der Waals surface area contributed by atoms with Crippen LogP contribution in [0.5, 0.6) is 5.88 Å². The van der Waals surface area contributed by atoms with Crippen LogP contribution in [0.2, 0.25) is 0 Å². The highest BCUT2D eigenvalue weighted by Crippen LogP contribution is 2.31. The molecular weight excluding hydrogens is 465 g/mol. The van der Waals surface area contributed by atoms with Crippen LogP contribution in [0.25, 0.3) is 10.8 Å². The molecular formula is C28H35F3N4O. The standard InChI is InChI=1S/C28H35F3N4O/c1-5-9-20(19-21(10-6-2)28(29,30)31)12-13-25-24(11-7-8-18-35(25)3)34-26-22-14-17-33-27(36-4)23(22)15-16-32-26/h5,9-10,13-17,19,24H,6-8,11-12,18H2,1-4H3,(H,32,34)/b9-5-,20-19+,21-10-,25-13-. The Balaban J connectivity index is 1.96. The van der Waals surface area contributed by atoms with Crippen LogP contribution < -0.4 is 10.1 Å². The lowest BCUT2D eigenvalue weighted by Crippen LogP contribution is -2.30. The van der Waals surface area contributed by atoms with Crippen molar-refractivity contribution in [1.82, 2.24) is 14.9 Å². The number of nitrogens with zero attached hydrogens (tertiary/aromatic N) is 3. The molecule has 2 aromatic heterocycles. The SMILES string of the molecule is C\C=C/C(=C\C(=C\CC)C(F)(F)F)C/C=C1/C(Nc2nccc3c(OC)nccc23)CCCCN1C. The van der Waals surface area contributed by atoms with E-state index in [0.717, 1.165) is 48.1 Å². The van der Waals surface area contributed by atoms with Crippen LogP contribution in [-0.2, 0) is 0 Å². The number of halogens is 3. The molecule has 0 amide bonds. The number of nitrogens with one attached hydrogen (secondary N) is 1. The van der Waals surface area contributed by atoms with Crippen LogP contribution in [0.15, 0.2) is 71.7 Å². The molecule has 3 heterocycles. The summed E-state index contributed by atoms with van der Waals surface area (Å²) in [6, 6.07) is 3.75. The normalized spacial score (nSPS) is 19.2. The van der Waals surface area contributed by atoms with E-state index in [9.17, 15) is 13.2 Å². The Labute approximate surface area is 211 Å². The van der Waals surface area contributed by atoms with E-state index in [-0.39, 0.29) is 6.04 Å². The van der Waals surface area contributed by atoms with Gasteiger partial charge in [-0.15, -0.1) is 0 Å². The largest absolute Gasteiger partial charge is 0.481 e. The monoisotopic (exact) mass is 500 g/mol. The minimum absolute atomic E-state index is 0.0325. The van der Waals surface area contributed by atoms with Crippen LogP contribution in [0.3, 0.4) is 0 Å². The number of fused-ring (bicyclic) bond motifs is 1. The molecule has 0 spiro atoms. The first-order chi connectivity index (χ1) is 17.3. The van der Waals surface area contributed by atoms with Gasteiger partial charge in [-0.25, -0.2) is 9.97 Å². The Kier molecular flexibility index (Phi) is 9.56. The second-order valence-corrected chi connectivity index (χ2v) is 8.81. The third kappa shape index (κ3) is 6.89. The molecule has 0 aliphatic carbocycles. The number of hydrogen-bond donors (Lipinski definition) is 1. The predicted molar refractivity (Wildman–Crippen MR) is 140 cm³/mol. The van der Waals surface area contributed by atoms with E-state index >= 15 is 0 Å². The number of alkyl halides is 3. The molecule has 36 heavy (non-hydrogen) atoms. The zero-order valence-electron chi connectivity index (χ0n) is 21.4. The Bertz CT molecular complexity index is 1150. The van der Waals surface area contributed by atoms with E-state index in [0.29, 0.717) is 24.3 Å². The van der Waals surface area contributed by atoms with Gasteiger partial charge in [0, 0.05) is 42.5 Å². The summed E-state index contributed by atoms with van der Waals surface area (Å²) in [5.74, 6) is 1.27. The van der Waals surface area contributed by atoms with Gasteiger partial charge in [0.15, 0.2) is 0 Å². The summed E-state index contributed by atoms with van der Waals surface area (Å²) in [6.07, 6.45) is 10.8. The summed E-state index contributed by atoms with van der Waals surface area (Å²) >= 11 is 0. The van der Waals surface area contributed by atoms with Crippen molar-refractivity contribution in [2.45, 2.75) is 58.2 Å². The maximum absolute atomic E-state index is 13.5. The summed E-state index contributed by atoms with van der Waals surface area (Å²) < 4.78 is 45.9. The molecule has 3 rings (SSSR count). The van der Waals surface area contributed by atoms with Crippen LogP contribution in [-0.4, -0.2) is 47.8 Å². The van der Waals surface area contributed by atoms with Crippen molar-refractivity contribution >= 4 is 16.6 Å². The first kappa shape index (κ1) is 27.3. The lowest BCUT2D eigenvalue weighted by molar-refractivity contribution is -0.0884. The Hall–Kier alpha value is -3.29. The first-order valence-electron chi connectivity index (χ1n) is 12.3. The fourth-order valence-electron chi connectivity index (χ4n) is 4.49. The van der Waals surface area contributed by atoms with E-state index in [1.165, 1.54) is 12.2 Å². The van der Waals surface area contributed by atoms with E-state index in [1.807, 2.05) is 32.2 Å². The zero-order valence-corrected chi connectivity index (χ0v) is 21.4. The van der Waals surface area contributed by atoms with E-state index in [1.54, 1.807) is 38.6 Å². The number of methoxy groups -OCH3 is 1. The van der Waals surface area contributed by atoms with Crippen molar-refractivity contribution < 1.29 is 17.9 Å². The maximum Gasteiger partial charge on any atom is 0.416 e. The fraction of sp³-hybridized carbons (Fsp3) is 0.429. The van der Waals surface area contributed by atoms with Gasteiger partial charge in [-0.2, -0.15) is 13.2 Å². The average molecular weight is 501 g/mol. The molecule has 5 nitrogen and oxygen atoms in total. The number of anilines is 1. The molecule has 1 aliphatic rings. The smallest absolute Gasteiger partial charge is 0.416 e. The highest BCUT2D eigenvalue weighted by Gasteiger charge is 2.31. The number of likely N-dealkylation sites (tertiary alicyclic amines) is 1. The quantitative estimate of drug-likeness (QED) is 0.388. The highest BCUT2D eigenvalue weighted by atomic mass is 19.4. The Morgan fingerprint density at radius 2 is 1.94 bits per heavy atom. The number of aromatic nitrogens is 2. The maximum atomic E-state index is 13.5. The van der Waals surface area contributed by atoms with Gasteiger partial charge >= 0.3 is 6.18 Å². The van der Waals surface area contributed by atoms with Crippen molar-refractivity contribution in [3.05, 3.63) is 71.7 Å². The fourth-order valence-corrected chi connectivity index (χ4v) is 4.49. The van der Waals surface area contributed by atoms with E-state index in [4.69, 9.17) is 4.74 Å². The molecule has 1 fully saturated rings. The summed E-state index contributed by atoms with van der Waals surface area (Å²) in [4.78, 5) is 11.1. The van der Waals surface area contributed by atoms with Crippen molar-refractivity contribution in [3.8, 4) is 5.88 Å². The number of likely N-dealkylation sites (N-methyl/N-ethyl adjacent to an activating group) is 1.